The first kappa shape index (κ1) is 8.94. The lowest BCUT2D eigenvalue weighted by Gasteiger charge is -2.24. The van der Waals surface area contributed by atoms with Crippen LogP contribution in [0.25, 0.3) is 0 Å². The molecule has 0 spiro atoms. The van der Waals surface area contributed by atoms with Crippen LogP contribution in [0.4, 0.5) is 4.39 Å². The summed E-state index contributed by atoms with van der Waals surface area (Å²) in [6.07, 6.45) is 2.50. The molecule has 1 aliphatic heterocycles. The van der Waals surface area contributed by atoms with E-state index < -0.39 is 0 Å². The first-order chi connectivity index (χ1) is 5.33. The van der Waals surface area contributed by atoms with Crippen LogP contribution in [-0.4, -0.2) is 26.4 Å². The smallest absolute Gasteiger partial charge is 0.0894 e. The van der Waals surface area contributed by atoms with Crippen LogP contribution in [-0.2, 0) is 4.74 Å². The predicted octanol–water partition coefficient (Wildman–Crippen LogP) is 1.10. The van der Waals surface area contributed by atoms with E-state index in [-0.39, 0.29) is 12.1 Å². The molecule has 0 amide bonds. The molecule has 2 nitrogen and oxygen atoms in total. The van der Waals surface area contributed by atoms with Crippen molar-refractivity contribution in [2.45, 2.75) is 19.3 Å². The van der Waals surface area contributed by atoms with Gasteiger partial charge < -0.3 is 10.5 Å². The van der Waals surface area contributed by atoms with Crippen LogP contribution in [0, 0.1) is 5.41 Å². The molecule has 2 N–H and O–H groups in total. The van der Waals surface area contributed by atoms with Crippen molar-refractivity contribution < 1.29 is 9.13 Å². The molecule has 0 aromatic rings. The van der Waals surface area contributed by atoms with Gasteiger partial charge in [0.25, 0.3) is 0 Å². The van der Waals surface area contributed by atoms with Crippen molar-refractivity contribution in [1.29, 1.82) is 0 Å². The standard InChI is InChI=1S/C8H16FNO/c9-4-1-2-8(6-10)3-5-11-7-8/h1-7,10H2. The summed E-state index contributed by atoms with van der Waals surface area (Å²) in [6, 6.07) is 0. The molecule has 1 fully saturated rings. The third-order valence-corrected chi connectivity index (χ3v) is 2.46. The van der Waals surface area contributed by atoms with Crippen LogP contribution < -0.4 is 5.73 Å². The van der Waals surface area contributed by atoms with Crippen molar-refractivity contribution in [2.75, 3.05) is 26.4 Å². The Morgan fingerprint density at radius 2 is 2.36 bits per heavy atom. The third-order valence-electron chi connectivity index (χ3n) is 2.46. The molecule has 0 radical (unpaired) electrons. The zero-order valence-corrected chi connectivity index (χ0v) is 6.81. The summed E-state index contributed by atoms with van der Waals surface area (Å²) in [6.45, 7) is 1.92. The van der Waals surface area contributed by atoms with Gasteiger partial charge in [0.2, 0.25) is 0 Å². The fraction of sp³-hybridized carbons (Fsp3) is 1.00. The number of alkyl halides is 1. The van der Waals surface area contributed by atoms with E-state index in [4.69, 9.17) is 10.5 Å². The van der Waals surface area contributed by atoms with Gasteiger partial charge in [-0.3, -0.25) is 4.39 Å². The van der Waals surface area contributed by atoms with E-state index in [9.17, 15) is 4.39 Å². The first-order valence-electron chi connectivity index (χ1n) is 4.17. The van der Waals surface area contributed by atoms with Gasteiger partial charge >= 0.3 is 0 Å². The Kier molecular flexibility index (Phi) is 3.27. The average Bonchev–Trinajstić information content (AvgIpc) is 2.50. The molecular weight excluding hydrogens is 145 g/mol. The van der Waals surface area contributed by atoms with Gasteiger partial charge in [0.15, 0.2) is 0 Å². The summed E-state index contributed by atoms with van der Waals surface area (Å²) < 4.78 is 17.1. The molecule has 11 heavy (non-hydrogen) atoms. The highest BCUT2D eigenvalue weighted by atomic mass is 19.1. The van der Waals surface area contributed by atoms with Crippen LogP contribution in [0.1, 0.15) is 19.3 Å². The summed E-state index contributed by atoms with van der Waals surface area (Å²) in [5.74, 6) is 0. The zero-order chi connectivity index (χ0) is 8.16. The summed E-state index contributed by atoms with van der Waals surface area (Å²) in [7, 11) is 0. The van der Waals surface area contributed by atoms with E-state index in [0.717, 1.165) is 26.1 Å². The van der Waals surface area contributed by atoms with Crippen LogP contribution >= 0.6 is 0 Å². The van der Waals surface area contributed by atoms with Gasteiger partial charge in [-0.2, -0.15) is 0 Å². The molecule has 0 aromatic carbocycles. The molecule has 1 atom stereocenters. The summed E-state index contributed by atoms with van der Waals surface area (Å²) >= 11 is 0. The van der Waals surface area contributed by atoms with Gasteiger partial charge in [0.05, 0.1) is 13.3 Å². The summed E-state index contributed by atoms with van der Waals surface area (Å²) in [5.41, 5.74) is 5.71. The molecule has 1 aliphatic rings. The van der Waals surface area contributed by atoms with E-state index in [1.165, 1.54) is 0 Å². The maximum atomic E-state index is 11.9. The van der Waals surface area contributed by atoms with E-state index in [0.29, 0.717) is 13.0 Å². The second-order valence-electron chi connectivity index (χ2n) is 3.30. The zero-order valence-electron chi connectivity index (χ0n) is 6.81. The minimum atomic E-state index is -0.234. The molecule has 0 bridgehead atoms. The van der Waals surface area contributed by atoms with Crippen LogP contribution in [0.15, 0.2) is 0 Å². The lowest BCUT2D eigenvalue weighted by Crippen LogP contribution is -2.30. The van der Waals surface area contributed by atoms with Crippen LogP contribution in [0.5, 0.6) is 0 Å². The van der Waals surface area contributed by atoms with Crippen molar-refractivity contribution in [3.8, 4) is 0 Å². The molecule has 0 aliphatic carbocycles. The Morgan fingerprint density at radius 1 is 1.55 bits per heavy atom. The van der Waals surface area contributed by atoms with E-state index >= 15 is 0 Å². The lowest BCUT2D eigenvalue weighted by atomic mass is 9.83. The Labute approximate surface area is 66.9 Å². The van der Waals surface area contributed by atoms with Crippen LogP contribution in [0.3, 0.4) is 0 Å². The highest BCUT2D eigenvalue weighted by molar-refractivity contribution is 4.83. The Morgan fingerprint density at radius 3 is 2.82 bits per heavy atom. The average molecular weight is 161 g/mol. The number of halogens is 1. The molecule has 66 valence electrons. The highest BCUT2D eigenvalue weighted by Gasteiger charge is 2.32. The van der Waals surface area contributed by atoms with Crippen molar-refractivity contribution >= 4 is 0 Å². The fourth-order valence-electron chi connectivity index (χ4n) is 1.55. The molecule has 0 saturated carbocycles. The molecule has 1 saturated heterocycles. The van der Waals surface area contributed by atoms with Crippen molar-refractivity contribution in [1.82, 2.24) is 0 Å². The fourth-order valence-corrected chi connectivity index (χ4v) is 1.55. The quantitative estimate of drug-likeness (QED) is 0.670. The highest BCUT2D eigenvalue weighted by Crippen LogP contribution is 2.32. The molecule has 1 unspecified atom stereocenters. The summed E-state index contributed by atoms with van der Waals surface area (Å²) in [5, 5.41) is 0. The van der Waals surface area contributed by atoms with Gasteiger partial charge in [0, 0.05) is 18.6 Å². The minimum absolute atomic E-state index is 0.103. The van der Waals surface area contributed by atoms with Gasteiger partial charge in [-0.1, -0.05) is 0 Å². The maximum Gasteiger partial charge on any atom is 0.0894 e. The van der Waals surface area contributed by atoms with Crippen molar-refractivity contribution in [2.24, 2.45) is 11.1 Å². The van der Waals surface area contributed by atoms with Crippen LogP contribution in [0.2, 0.25) is 0 Å². The second kappa shape index (κ2) is 4.02. The first-order valence-corrected chi connectivity index (χ1v) is 4.17. The third kappa shape index (κ3) is 2.14. The van der Waals surface area contributed by atoms with Crippen molar-refractivity contribution in [3.05, 3.63) is 0 Å². The van der Waals surface area contributed by atoms with E-state index in [1.807, 2.05) is 0 Å². The Balaban J connectivity index is 2.33. The normalized spacial score (nSPS) is 31.1. The number of ether oxygens (including phenoxy) is 1. The van der Waals surface area contributed by atoms with Crippen molar-refractivity contribution in [3.63, 3.8) is 0 Å². The molecule has 0 aromatic heterocycles. The van der Waals surface area contributed by atoms with E-state index in [1.54, 1.807) is 0 Å². The van der Waals surface area contributed by atoms with Gasteiger partial charge in [0.1, 0.15) is 0 Å². The number of nitrogens with two attached hydrogens (primary N) is 1. The SMILES string of the molecule is NCC1(CCCF)CCOC1. The van der Waals surface area contributed by atoms with Gasteiger partial charge in [-0.25, -0.2) is 0 Å². The monoisotopic (exact) mass is 161 g/mol. The second-order valence-corrected chi connectivity index (χ2v) is 3.30. The predicted molar refractivity (Wildman–Crippen MR) is 42.1 cm³/mol. The Bertz CT molecular complexity index is 113. The van der Waals surface area contributed by atoms with E-state index in [2.05, 4.69) is 0 Å². The number of hydrogen-bond acceptors (Lipinski definition) is 2. The molecule has 3 heteroatoms. The molecule has 1 rings (SSSR count). The topological polar surface area (TPSA) is 35.2 Å². The molecule has 1 heterocycles. The number of rotatable bonds is 4. The van der Waals surface area contributed by atoms with Gasteiger partial charge in [-0.15, -0.1) is 0 Å². The minimum Gasteiger partial charge on any atom is -0.381 e. The van der Waals surface area contributed by atoms with Gasteiger partial charge in [-0.05, 0) is 19.3 Å². The molecular formula is C8H16FNO. The number of hydrogen-bond donors (Lipinski definition) is 1. The Hall–Kier alpha value is -0.150. The summed E-state index contributed by atoms with van der Waals surface area (Å²) in [4.78, 5) is 0. The largest absolute Gasteiger partial charge is 0.381 e. The lowest BCUT2D eigenvalue weighted by molar-refractivity contribution is 0.146. The maximum absolute atomic E-state index is 11.9.